The third-order valence-electron chi connectivity index (χ3n) is 3.47. The summed E-state index contributed by atoms with van der Waals surface area (Å²) < 4.78 is 1.68. The molecule has 0 aliphatic carbocycles. The van der Waals surface area contributed by atoms with E-state index in [4.69, 9.17) is 0 Å². The molecule has 0 saturated carbocycles. The predicted molar refractivity (Wildman–Crippen MR) is 74.3 cm³/mol. The molecule has 0 radical (unpaired) electrons. The Hall–Kier alpha value is -1.36. The van der Waals surface area contributed by atoms with E-state index in [0.717, 1.165) is 5.75 Å². The number of nitrogens with one attached hydrogen (secondary N) is 1. The number of thioether (sulfide) groups is 1. The van der Waals surface area contributed by atoms with E-state index in [0.29, 0.717) is 23.5 Å². The molecule has 5 heteroatoms. The van der Waals surface area contributed by atoms with E-state index in [9.17, 15) is 9.90 Å². The number of para-hydroxylation sites is 1. The smallest absolute Gasteiger partial charge is 0.326 e. The van der Waals surface area contributed by atoms with E-state index in [-0.39, 0.29) is 11.4 Å². The summed E-state index contributed by atoms with van der Waals surface area (Å²) in [5.41, 5.74) is 1.23. The van der Waals surface area contributed by atoms with Gasteiger partial charge in [0.2, 0.25) is 0 Å². The molecule has 1 aromatic carbocycles. The number of hydrogen-bond donors (Lipinski definition) is 2. The van der Waals surface area contributed by atoms with Crippen molar-refractivity contribution in [3.63, 3.8) is 0 Å². The van der Waals surface area contributed by atoms with Crippen LogP contribution in [0.2, 0.25) is 0 Å². The monoisotopic (exact) mass is 264 g/mol. The Morgan fingerprint density at radius 2 is 2.39 bits per heavy atom. The van der Waals surface area contributed by atoms with Gasteiger partial charge in [-0.25, -0.2) is 4.79 Å². The maximum atomic E-state index is 12.0. The van der Waals surface area contributed by atoms with Crippen LogP contribution in [0.15, 0.2) is 23.0 Å². The van der Waals surface area contributed by atoms with Crippen LogP contribution in [0.3, 0.4) is 0 Å². The van der Waals surface area contributed by atoms with E-state index in [1.807, 2.05) is 17.8 Å². The van der Waals surface area contributed by atoms with Crippen molar-refractivity contribution in [3.05, 3.63) is 28.7 Å². The second-order valence-corrected chi connectivity index (χ2v) is 5.95. The SMILES string of the molecule is O=c1[nH]c2cccc(O)c2n1CC1CCCSC1. The third-order valence-corrected chi connectivity index (χ3v) is 4.75. The summed E-state index contributed by atoms with van der Waals surface area (Å²) >= 11 is 1.95. The molecule has 2 aromatic rings. The zero-order valence-corrected chi connectivity index (χ0v) is 10.9. The number of phenolic OH excluding ortho intramolecular Hbond substituents is 1. The van der Waals surface area contributed by atoms with Crippen LogP contribution in [0.25, 0.3) is 11.0 Å². The number of fused-ring (bicyclic) bond motifs is 1. The number of aromatic nitrogens is 2. The van der Waals surface area contributed by atoms with Crippen LogP contribution in [-0.2, 0) is 6.54 Å². The van der Waals surface area contributed by atoms with Gasteiger partial charge in [-0.3, -0.25) is 4.57 Å². The highest BCUT2D eigenvalue weighted by Gasteiger charge is 2.18. The van der Waals surface area contributed by atoms with Crippen molar-refractivity contribution < 1.29 is 5.11 Å². The molecular formula is C13H16N2O2S. The van der Waals surface area contributed by atoms with Gasteiger partial charge in [0.05, 0.1) is 5.52 Å². The summed E-state index contributed by atoms with van der Waals surface area (Å²) in [7, 11) is 0. The van der Waals surface area contributed by atoms with Gasteiger partial charge >= 0.3 is 5.69 Å². The van der Waals surface area contributed by atoms with Crippen LogP contribution in [0, 0.1) is 5.92 Å². The Bertz CT molecular complexity index is 611. The van der Waals surface area contributed by atoms with Crippen molar-refractivity contribution in [1.29, 1.82) is 0 Å². The number of phenols is 1. The van der Waals surface area contributed by atoms with Gasteiger partial charge < -0.3 is 10.1 Å². The zero-order valence-electron chi connectivity index (χ0n) is 10.1. The van der Waals surface area contributed by atoms with Gasteiger partial charge in [-0.05, 0) is 42.4 Å². The van der Waals surface area contributed by atoms with Crippen LogP contribution in [0.1, 0.15) is 12.8 Å². The largest absolute Gasteiger partial charge is 0.506 e. The van der Waals surface area contributed by atoms with Crippen LogP contribution < -0.4 is 5.69 Å². The normalized spacial score (nSPS) is 20.3. The van der Waals surface area contributed by atoms with E-state index in [2.05, 4.69) is 4.98 Å². The number of hydrogen-bond acceptors (Lipinski definition) is 3. The standard InChI is InChI=1S/C13H16N2O2S/c16-11-5-1-4-10-12(11)15(13(17)14-10)7-9-3-2-6-18-8-9/h1,4-5,9,16H,2-3,6-8H2,(H,14,17). The Morgan fingerprint density at radius 3 is 3.17 bits per heavy atom. The lowest BCUT2D eigenvalue weighted by atomic mass is 10.1. The first kappa shape index (κ1) is 11.7. The van der Waals surface area contributed by atoms with Crippen LogP contribution in [-0.4, -0.2) is 26.2 Å². The highest BCUT2D eigenvalue weighted by Crippen LogP contribution is 2.27. The van der Waals surface area contributed by atoms with Gasteiger partial charge in [-0.1, -0.05) is 6.07 Å². The molecule has 1 saturated heterocycles. The third kappa shape index (κ3) is 2.03. The molecule has 1 aliphatic heterocycles. The average Bonchev–Trinajstić information content (AvgIpc) is 2.69. The highest BCUT2D eigenvalue weighted by atomic mass is 32.2. The van der Waals surface area contributed by atoms with Crippen molar-refractivity contribution in [2.45, 2.75) is 19.4 Å². The Morgan fingerprint density at radius 1 is 1.50 bits per heavy atom. The van der Waals surface area contributed by atoms with Gasteiger partial charge in [0, 0.05) is 6.54 Å². The molecule has 1 unspecified atom stereocenters. The highest BCUT2D eigenvalue weighted by molar-refractivity contribution is 7.99. The summed E-state index contributed by atoms with van der Waals surface area (Å²) in [4.78, 5) is 14.8. The molecule has 3 rings (SSSR count). The van der Waals surface area contributed by atoms with Crippen molar-refractivity contribution in [1.82, 2.24) is 9.55 Å². The minimum Gasteiger partial charge on any atom is -0.506 e. The van der Waals surface area contributed by atoms with Crippen LogP contribution in [0.5, 0.6) is 5.75 Å². The predicted octanol–water partition coefficient (Wildman–Crippen LogP) is 2.18. The van der Waals surface area contributed by atoms with Gasteiger partial charge in [-0.2, -0.15) is 11.8 Å². The molecule has 2 N–H and O–H groups in total. The number of rotatable bonds is 2. The minimum atomic E-state index is -0.123. The minimum absolute atomic E-state index is 0.123. The maximum absolute atomic E-state index is 12.0. The van der Waals surface area contributed by atoms with Crippen molar-refractivity contribution in [2.75, 3.05) is 11.5 Å². The lowest BCUT2D eigenvalue weighted by Gasteiger charge is -2.21. The molecule has 2 heterocycles. The Labute approximate surface area is 109 Å². The number of imidazole rings is 1. The van der Waals surface area contributed by atoms with E-state index < -0.39 is 0 Å². The molecule has 1 atom stereocenters. The number of H-pyrrole nitrogens is 1. The molecule has 0 bridgehead atoms. The van der Waals surface area contributed by atoms with Crippen LogP contribution >= 0.6 is 11.8 Å². The molecule has 96 valence electrons. The second-order valence-electron chi connectivity index (χ2n) is 4.80. The van der Waals surface area contributed by atoms with Crippen LogP contribution in [0.4, 0.5) is 0 Å². The molecule has 1 aromatic heterocycles. The summed E-state index contributed by atoms with van der Waals surface area (Å²) in [5, 5.41) is 9.91. The summed E-state index contributed by atoms with van der Waals surface area (Å²) in [6, 6.07) is 5.19. The maximum Gasteiger partial charge on any atom is 0.326 e. The molecule has 4 nitrogen and oxygen atoms in total. The average molecular weight is 264 g/mol. The first-order valence-corrected chi connectivity index (χ1v) is 7.39. The molecule has 1 aliphatic rings. The molecule has 1 fully saturated rings. The lowest BCUT2D eigenvalue weighted by Crippen LogP contribution is -2.24. The fourth-order valence-corrected chi connectivity index (χ4v) is 3.73. The number of aromatic amines is 1. The van der Waals surface area contributed by atoms with Gasteiger partial charge in [0.1, 0.15) is 11.3 Å². The van der Waals surface area contributed by atoms with Gasteiger partial charge in [0.15, 0.2) is 0 Å². The topological polar surface area (TPSA) is 58.0 Å². The van der Waals surface area contributed by atoms with Gasteiger partial charge in [-0.15, -0.1) is 0 Å². The first-order chi connectivity index (χ1) is 8.75. The Balaban J connectivity index is 2.00. The summed E-state index contributed by atoms with van der Waals surface area (Å²) in [6.45, 7) is 0.698. The summed E-state index contributed by atoms with van der Waals surface area (Å²) in [5.74, 6) is 3.03. The quantitative estimate of drug-likeness (QED) is 0.874. The second kappa shape index (κ2) is 4.72. The zero-order chi connectivity index (χ0) is 12.5. The number of aromatic hydroxyl groups is 1. The van der Waals surface area contributed by atoms with Crippen molar-refractivity contribution in [2.24, 2.45) is 5.92 Å². The lowest BCUT2D eigenvalue weighted by molar-refractivity contribution is 0.437. The number of benzene rings is 1. The summed E-state index contributed by atoms with van der Waals surface area (Å²) in [6.07, 6.45) is 2.39. The van der Waals surface area contributed by atoms with E-state index in [1.54, 1.807) is 16.7 Å². The first-order valence-electron chi connectivity index (χ1n) is 6.24. The van der Waals surface area contributed by atoms with E-state index in [1.165, 1.54) is 18.6 Å². The molecular weight excluding hydrogens is 248 g/mol. The Kier molecular flexibility index (Phi) is 3.07. The number of nitrogens with zero attached hydrogens (tertiary/aromatic N) is 1. The fraction of sp³-hybridized carbons (Fsp3) is 0.462. The molecule has 0 amide bonds. The van der Waals surface area contributed by atoms with Gasteiger partial charge in [0.25, 0.3) is 0 Å². The van der Waals surface area contributed by atoms with E-state index >= 15 is 0 Å². The van der Waals surface area contributed by atoms with Crippen molar-refractivity contribution >= 4 is 22.8 Å². The van der Waals surface area contributed by atoms with Crippen molar-refractivity contribution in [3.8, 4) is 5.75 Å². The molecule has 0 spiro atoms. The molecule has 18 heavy (non-hydrogen) atoms. The fourth-order valence-electron chi connectivity index (χ4n) is 2.58.